The van der Waals surface area contributed by atoms with Crippen LogP contribution in [0.3, 0.4) is 0 Å². The van der Waals surface area contributed by atoms with E-state index >= 15 is 0 Å². The van der Waals surface area contributed by atoms with E-state index in [9.17, 15) is 18.3 Å². The largest absolute Gasteiger partial charge is 0.367 e. The molecule has 2 rings (SSSR count). The Morgan fingerprint density at radius 1 is 1.32 bits per heavy atom. The summed E-state index contributed by atoms with van der Waals surface area (Å²) in [6.45, 7) is 2.43. The Bertz CT molecular complexity index is 738. The van der Waals surface area contributed by atoms with E-state index in [2.05, 4.69) is 11.6 Å². The van der Waals surface area contributed by atoms with Crippen molar-refractivity contribution in [1.82, 2.24) is 9.62 Å². The Hall–Kier alpha value is -1.15. The van der Waals surface area contributed by atoms with Gasteiger partial charge in [0.15, 0.2) is 5.72 Å². The Balaban J connectivity index is 2.23. The van der Waals surface area contributed by atoms with E-state index in [0.29, 0.717) is 12.1 Å². The lowest BCUT2D eigenvalue weighted by molar-refractivity contribution is -0.142. The van der Waals surface area contributed by atoms with Crippen LogP contribution < -0.4 is 4.72 Å². The molecule has 0 bridgehead atoms. The summed E-state index contributed by atoms with van der Waals surface area (Å²) in [7, 11) is -2.28. The molecule has 0 spiro atoms. The Morgan fingerprint density at radius 2 is 2.04 bits per heavy atom. The molecule has 1 heterocycles. The van der Waals surface area contributed by atoms with Crippen molar-refractivity contribution >= 4 is 27.5 Å². The van der Waals surface area contributed by atoms with Crippen molar-refractivity contribution in [3.8, 4) is 0 Å². The number of aliphatic hydroxyl groups is 1. The zero-order valence-electron chi connectivity index (χ0n) is 14.6. The number of benzene rings is 1. The standard InChI is InChI=1S/C17H25ClN2O4S/c1-3-4-5-6-11-19-25(23,24)15-12-13(7-8-14(15)18)17(22)10-9-16(21)20(17)2/h7-8,12,19,22H,3-6,9-11H2,1-2H3. The molecular formula is C17H25ClN2O4S. The summed E-state index contributed by atoms with van der Waals surface area (Å²) >= 11 is 6.08. The molecule has 8 heteroatoms. The molecule has 1 aromatic carbocycles. The fraction of sp³-hybridized carbons (Fsp3) is 0.588. The molecule has 0 aliphatic carbocycles. The van der Waals surface area contributed by atoms with Crippen LogP contribution in [0.15, 0.2) is 23.1 Å². The molecule has 1 aliphatic rings. The van der Waals surface area contributed by atoms with E-state index in [1.165, 1.54) is 24.1 Å². The minimum Gasteiger partial charge on any atom is -0.367 e. The van der Waals surface area contributed by atoms with E-state index in [-0.39, 0.29) is 28.7 Å². The van der Waals surface area contributed by atoms with Gasteiger partial charge in [-0.1, -0.05) is 43.9 Å². The van der Waals surface area contributed by atoms with Crippen LogP contribution in [0, 0.1) is 0 Å². The first kappa shape index (κ1) is 20.2. The maximum Gasteiger partial charge on any atom is 0.242 e. The van der Waals surface area contributed by atoms with Gasteiger partial charge in [0.2, 0.25) is 15.9 Å². The highest BCUT2D eigenvalue weighted by Gasteiger charge is 2.43. The van der Waals surface area contributed by atoms with Crippen LogP contribution in [-0.4, -0.2) is 37.9 Å². The summed E-state index contributed by atoms with van der Waals surface area (Å²) in [6, 6.07) is 4.35. The maximum atomic E-state index is 12.5. The van der Waals surface area contributed by atoms with Crippen molar-refractivity contribution < 1.29 is 18.3 Å². The van der Waals surface area contributed by atoms with Crippen LogP contribution >= 0.6 is 11.6 Å². The molecule has 2 N–H and O–H groups in total. The monoisotopic (exact) mass is 388 g/mol. The van der Waals surface area contributed by atoms with Crippen molar-refractivity contribution in [2.75, 3.05) is 13.6 Å². The van der Waals surface area contributed by atoms with Gasteiger partial charge in [0.25, 0.3) is 0 Å². The first-order chi connectivity index (χ1) is 11.7. The third-order valence-corrected chi connectivity index (χ3v) is 6.56. The molecule has 140 valence electrons. The molecule has 1 aromatic rings. The molecule has 25 heavy (non-hydrogen) atoms. The van der Waals surface area contributed by atoms with Gasteiger partial charge in [-0.15, -0.1) is 0 Å². The average Bonchev–Trinajstić information content (AvgIpc) is 2.83. The van der Waals surface area contributed by atoms with Gasteiger partial charge in [0, 0.05) is 32.0 Å². The number of hydrogen-bond acceptors (Lipinski definition) is 4. The van der Waals surface area contributed by atoms with Gasteiger partial charge in [-0.05, 0) is 18.6 Å². The number of sulfonamides is 1. The third kappa shape index (κ3) is 4.34. The summed E-state index contributed by atoms with van der Waals surface area (Å²) in [5.74, 6) is -0.184. The number of hydrogen-bond donors (Lipinski definition) is 2. The van der Waals surface area contributed by atoms with Gasteiger partial charge in [0.1, 0.15) is 4.90 Å². The summed E-state index contributed by atoms with van der Waals surface area (Å²) in [4.78, 5) is 12.9. The number of halogens is 1. The predicted molar refractivity (Wildman–Crippen MR) is 96.7 cm³/mol. The highest BCUT2D eigenvalue weighted by molar-refractivity contribution is 7.89. The van der Waals surface area contributed by atoms with E-state index in [0.717, 1.165) is 25.7 Å². The number of nitrogens with one attached hydrogen (secondary N) is 1. The summed E-state index contributed by atoms with van der Waals surface area (Å²) in [5.41, 5.74) is -1.16. The number of amides is 1. The number of rotatable bonds is 8. The number of carbonyl (C=O) groups is 1. The third-order valence-electron chi connectivity index (χ3n) is 4.62. The molecule has 1 unspecified atom stereocenters. The number of unbranched alkanes of at least 4 members (excludes halogenated alkanes) is 3. The van der Waals surface area contributed by atoms with Crippen LogP contribution in [0.2, 0.25) is 5.02 Å². The minimum atomic E-state index is -3.78. The molecule has 1 saturated heterocycles. The van der Waals surface area contributed by atoms with Crippen LogP contribution in [-0.2, 0) is 20.5 Å². The quantitative estimate of drug-likeness (QED) is 0.670. The first-order valence-corrected chi connectivity index (χ1v) is 10.4. The predicted octanol–water partition coefficient (Wildman–Crippen LogP) is 2.60. The second-order valence-corrected chi connectivity index (χ2v) is 8.52. The molecule has 1 aliphatic heterocycles. The minimum absolute atomic E-state index is 0.0802. The summed E-state index contributed by atoms with van der Waals surface area (Å²) < 4.78 is 27.6. The lowest BCUT2D eigenvalue weighted by Gasteiger charge is -2.31. The Morgan fingerprint density at radius 3 is 2.64 bits per heavy atom. The van der Waals surface area contributed by atoms with Crippen LogP contribution in [0.4, 0.5) is 0 Å². The van der Waals surface area contributed by atoms with E-state index in [1.54, 1.807) is 6.07 Å². The molecule has 1 atom stereocenters. The molecular weight excluding hydrogens is 364 g/mol. The lowest BCUT2D eigenvalue weighted by atomic mass is 10.0. The van der Waals surface area contributed by atoms with Crippen LogP contribution in [0.5, 0.6) is 0 Å². The second kappa shape index (κ2) is 8.03. The topological polar surface area (TPSA) is 86.7 Å². The van der Waals surface area contributed by atoms with Crippen LogP contribution in [0.25, 0.3) is 0 Å². The molecule has 0 saturated carbocycles. The van der Waals surface area contributed by atoms with Crippen molar-refractivity contribution in [2.24, 2.45) is 0 Å². The Kier molecular flexibility index (Phi) is 6.48. The van der Waals surface area contributed by atoms with E-state index in [1.807, 2.05) is 0 Å². The molecule has 6 nitrogen and oxygen atoms in total. The van der Waals surface area contributed by atoms with Crippen molar-refractivity contribution in [1.29, 1.82) is 0 Å². The number of likely N-dealkylation sites (tertiary alicyclic amines) is 1. The van der Waals surface area contributed by atoms with Gasteiger partial charge in [-0.3, -0.25) is 4.79 Å². The molecule has 0 radical (unpaired) electrons. The Labute approximate surface area is 154 Å². The van der Waals surface area contributed by atoms with E-state index < -0.39 is 15.7 Å². The van der Waals surface area contributed by atoms with Gasteiger partial charge in [-0.25, -0.2) is 13.1 Å². The highest BCUT2D eigenvalue weighted by atomic mass is 35.5. The zero-order valence-corrected chi connectivity index (χ0v) is 16.2. The second-order valence-electron chi connectivity index (χ2n) is 6.37. The molecule has 1 fully saturated rings. The zero-order chi connectivity index (χ0) is 18.7. The lowest BCUT2D eigenvalue weighted by Crippen LogP contribution is -2.40. The SMILES string of the molecule is CCCCCCNS(=O)(=O)c1cc(C2(O)CCC(=O)N2C)ccc1Cl. The van der Waals surface area contributed by atoms with Crippen molar-refractivity contribution in [3.05, 3.63) is 28.8 Å². The fourth-order valence-electron chi connectivity index (χ4n) is 2.96. The van der Waals surface area contributed by atoms with Crippen molar-refractivity contribution in [3.63, 3.8) is 0 Å². The smallest absolute Gasteiger partial charge is 0.242 e. The van der Waals surface area contributed by atoms with Crippen molar-refractivity contribution in [2.45, 2.75) is 56.1 Å². The van der Waals surface area contributed by atoms with Crippen LogP contribution in [0.1, 0.15) is 51.0 Å². The molecule has 1 amide bonds. The number of carbonyl (C=O) groups excluding carboxylic acids is 1. The number of nitrogens with zero attached hydrogens (tertiary/aromatic N) is 1. The van der Waals surface area contributed by atoms with E-state index in [4.69, 9.17) is 11.6 Å². The first-order valence-electron chi connectivity index (χ1n) is 8.51. The fourth-order valence-corrected chi connectivity index (χ4v) is 4.55. The van der Waals surface area contributed by atoms with Gasteiger partial charge >= 0.3 is 0 Å². The van der Waals surface area contributed by atoms with Gasteiger partial charge in [0.05, 0.1) is 5.02 Å². The normalized spacial score (nSPS) is 21.1. The average molecular weight is 389 g/mol. The summed E-state index contributed by atoms with van der Waals surface area (Å²) in [5, 5.41) is 10.9. The van der Waals surface area contributed by atoms with Gasteiger partial charge < -0.3 is 10.0 Å². The highest BCUT2D eigenvalue weighted by Crippen LogP contribution is 2.37. The maximum absolute atomic E-state index is 12.5. The summed E-state index contributed by atoms with van der Waals surface area (Å²) in [6.07, 6.45) is 4.28. The molecule has 0 aromatic heterocycles. The van der Waals surface area contributed by atoms with Gasteiger partial charge in [-0.2, -0.15) is 0 Å².